The minimum Gasteiger partial charge on any atom is -0.314 e. The van der Waals surface area contributed by atoms with Gasteiger partial charge >= 0.3 is 5.91 Å². The van der Waals surface area contributed by atoms with Crippen LogP contribution in [0.2, 0.25) is 0 Å². The smallest absolute Gasteiger partial charge is 0.301 e. The van der Waals surface area contributed by atoms with Crippen molar-refractivity contribution in [3.05, 3.63) is 28.7 Å². The second kappa shape index (κ2) is 5.37. The summed E-state index contributed by atoms with van der Waals surface area (Å²) in [6.45, 7) is 2.41. The van der Waals surface area contributed by atoms with E-state index in [0.29, 0.717) is 12.2 Å². The summed E-state index contributed by atoms with van der Waals surface area (Å²) in [5, 5.41) is 2.54. The van der Waals surface area contributed by atoms with Crippen LogP contribution in [0.1, 0.15) is 6.92 Å². The van der Waals surface area contributed by atoms with Gasteiger partial charge in [0.25, 0.3) is 5.56 Å². The number of aryl methyl sites for hydroxylation is 1. The van der Waals surface area contributed by atoms with Gasteiger partial charge in [-0.05, 0) is 17.8 Å². The summed E-state index contributed by atoms with van der Waals surface area (Å²) in [7, 11) is 0. The van der Waals surface area contributed by atoms with E-state index in [9.17, 15) is 9.59 Å². The third-order valence-corrected chi connectivity index (χ3v) is 1.94. The van der Waals surface area contributed by atoms with Crippen LogP contribution in [0.4, 0.5) is 5.69 Å². The molecule has 1 aromatic heterocycles. The fraction of sp³-hybridized carbons (Fsp3) is 0.200. The number of nitrogens with one attached hydrogen (secondary N) is 1. The first-order valence-electron chi connectivity index (χ1n) is 4.30. The lowest BCUT2D eigenvalue weighted by Crippen LogP contribution is -2.19. The lowest BCUT2D eigenvalue weighted by atomic mass is 10.4. The maximum Gasteiger partial charge on any atom is 0.301 e. The van der Waals surface area contributed by atoms with Crippen LogP contribution in [0.15, 0.2) is 23.1 Å². The maximum absolute atomic E-state index is 11.2. The fourth-order valence-electron chi connectivity index (χ4n) is 1.06. The minimum atomic E-state index is -0.423. The fourth-order valence-corrected chi connectivity index (χ4v) is 1.24. The van der Waals surface area contributed by atoms with Crippen molar-refractivity contribution in [1.82, 2.24) is 4.57 Å². The van der Waals surface area contributed by atoms with Crippen molar-refractivity contribution in [2.24, 2.45) is 0 Å². The predicted octanol–water partition coefficient (Wildman–Crippen LogP) is 1.16. The van der Waals surface area contributed by atoms with Gasteiger partial charge in [0, 0.05) is 40.7 Å². The molecule has 5 heteroatoms. The van der Waals surface area contributed by atoms with E-state index in [-0.39, 0.29) is 5.56 Å². The molecule has 15 heavy (non-hydrogen) atoms. The van der Waals surface area contributed by atoms with Crippen LogP contribution in [-0.4, -0.2) is 10.5 Å². The van der Waals surface area contributed by atoms with Gasteiger partial charge in [-0.25, -0.2) is 0 Å². The Labute approximate surface area is 95.4 Å². The number of carbonyl (C=O) groups excluding carboxylic acids is 1. The molecule has 0 radical (unpaired) electrons. The van der Waals surface area contributed by atoms with Gasteiger partial charge in [0.15, 0.2) is 0 Å². The number of halogens is 1. The number of hydrogen-bond acceptors (Lipinski definition) is 2. The summed E-state index contributed by atoms with van der Waals surface area (Å²) in [6.07, 6.45) is 1.58. The SMILES string of the molecule is CCn1cc(NC(=O)C#CBr)ccc1=O. The van der Waals surface area contributed by atoms with Gasteiger partial charge in [-0.15, -0.1) is 0 Å². The Kier molecular flexibility index (Phi) is 4.13. The minimum absolute atomic E-state index is 0.0953. The third kappa shape index (κ3) is 3.26. The number of hydrogen-bond donors (Lipinski definition) is 1. The van der Waals surface area contributed by atoms with Gasteiger partial charge in [0.2, 0.25) is 0 Å². The molecule has 0 fully saturated rings. The molecular formula is C10H9BrN2O2. The van der Waals surface area contributed by atoms with Gasteiger partial charge in [-0.3, -0.25) is 9.59 Å². The van der Waals surface area contributed by atoms with Crippen molar-refractivity contribution in [2.45, 2.75) is 13.5 Å². The normalized spacial score (nSPS) is 8.93. The van der Waals surface area contributed by atoms with Crippen LogP contribution in [-0.2, 0) is 11.3 Å². The number of aromatic nitrogens is 1. The van der Waals surface area contributed by atoms with Crippen LogP contribution < -0.4 is 10.9 Å². The van der Waals surface area contributed by atoms with E-state index in [2.05, 4.69) is 32.0 Å². The molecule has 0 aliphatic heterocycles. The van der Waals surface area contributed by atoms with Gasteiger partial charge in [0.05, 0.1) is 5.69 Å². The van der Waals surface area contributed by atoms with E-state index >= 15 is 0 Å². The van der Waals surface area contributed by atoms with E-state index in [4.69, 9.17) is 0 Å². The summed E-state index contributed by atoms with van der Waals surface area (Å²) in [5.74, 6) is 1.85. The molecule has 0 atom stereocenters. The Balaban J connectivity index is 2.91. The highest BCUT2D eigenvalue weighted by atomic mass is 79.9. The summed E-state index contributed by atoms with van der Waals surface area (Å²) < 4.78 is 1.50. The first-order valence-corrected chi connectivity index (χ1v) is 5.09. The van der Waals surface area contributed by atoms with Crippen LogP contribution in [0.5, 0.6) is 0 Å². The van der Waals surface area contributed by atoms with E-state index in [1.165, 1.54) is 10.6 Å². The topological polar surface area (TPSA) is 51.1 Å². The molecule has 4 nitrogen and oxygen atoms in total. The quantitative estimate of drug-likeness (QED) is 0.819. The molecule has 0 aromatic carbocycles. The van der Waals surface area contributed by atoms with Crippen molar-refractivity contribution >= 4 is 27.5 Å². The number of carbonyl (C=O) groups is 1. The Morgan fingerprint density at radius 2 is 2.33 bits per heavy atom. The molecule has 1 heterocycles. The Hall–Kier alpha value is -1.54. The molecule has 1 rings (SSSR count). The molecular weight excluding hydrogens is 260 g/mol. The van der Waals surface area contributed by atoms with Crippen molar-refractivity contribution in [1.29, 1.82) is 0 Å². The molecule has 0 spiro atoms. The summed E-state index contributed by atoms with van der Waals surface area (Å²) in [5.41, 5.74) is 0.457. The highest BCUT2D eigenvalue weighted by Crippen LogP contribution is 2.02. The van der Waals surface area contributed by atoms with Gasteiger partial charge in [-0.1, -0.05) is 0 Å². The van der Waals surface area contributed by atoms with E-state index < -0.39 is 5.91 Å². The van der Waals surface area contributed by atoms with E-state index in [1.807, 2.05) is 6.92 Å². The van der Waals surface area contributed by atoms with Gasteiger partial charge in [0.1, 0.15) is 0 Å². The van der Waals surface area contributed by atoms with Gasteiger partial charge in [-0.2, -0.15) is 0 Å². The standard InChI is InChI=1S/C10H9BrN2O2/c1-2-13-7-8(3-4-10(13)15)12-9(14)5-6-11/h3-4,7H,2H2,1H3,(H,12,14). The molecule has 0 aliphatic carbocycles. The molecule has 0 saturated carbocycles. The number of amides is 1. The highest BCUT2D eigenvalue weighted by molar-refractivity contribution is 9.12. The summed E-state index contributed by atoms with van der Waals surface area (Å²) in [4.78, 5) is 24.6. The van der Waals surface area contributed by atoms with Crippen molar-refractivity contribution in [3.63, 3.8) is 0 Å². The Morgan fingerprint density at radius 1 is 1.60 bits per heavy atom. The average Bonchev–Trinajstić information content (AvgIpc) is 2.21. The average molecular weight is 269 g/mol. The lowest BCUT2D eigenvalue weighted by Gasteiger charge is -2.04. The second-order valence-electron chi connectivity index (χ2n) is 2.72. The summed E-state index contributed by atoms with van der Waals surface area (Å²) >= 11 is 2.83. The zero-order chi connectivity index (χ0) is 11.3. The lowest BCUT2D eigenvalue weighted by molar-refractivity contribution is -0.111. The van der Waals surface area contributed by atoms with Crippen molar-refractivity contribution in [2.75, 3.05) is 5.32 Å². The second-order valence-corrected chi connectivity index (χ2v) is 3.11. The molecule has 0 aliphatic rings. The number of nitrogens with zero attached hydrogens (tertiary/aromatic N) is 1. The zero-order valence-electron chi connectivity index (χ0n) is 8.08. The third-order valence-electron chi connectivity index (χ3n) is 1.74. The molecule has 1 aromatic rings. The molecule has 1 amide bonds. The number of rotatable bonds is 2. The number of anilines is 1. The Morgan fingerprint density at radius 3 is 2.93 bits per heavy atom. The monoisotopic (exact) mass is 268 g/mol. The molecule has 0 bridgehead atoms. The molecule has 1 N–H and O–H groups in total. The Bertz CT molecular complexity index is 482. The molecule has 0 unspecified atom stereocenters. The van der Waals surface area contributed by atoms with E-state index in [1.54, 1.807) is 12.3 Å². The highest BCUT2D eigenvalue weighted by Gasteiger charge is 1.99. The number of pyridine rings is 1. The molecule has 0 saturated heterocycles. The van der Waals surface area contributed by atoms with Gasteiger partial charge < -0.3 is 9.88 Å². The van der Waals surface area contributed by atoms with E-state index in [0.717, 1.165) is 0 Å². The van der Waals surface area contributed by atoms with Crippen molar-refractivity contribution < 1.29 is 4.79 Å². The maximum atomic E-state index is 11.2. The summed E-state index contributed by atoms with van der Waals surface area (Å²) in [6, 6.07) is 2.95. The van der Waals surface area contributed by atoms with Crippen LogP contribution in [0.25, 0.3) is 0 Å². The first kappa shape index (κ1) is 11.5. The van der Waals surface area contributed by atoms with Crippen LogP contribution in [0.3, 0.4) is 0 Å². The largest absolute Gasteiger partial charge is 0.314 e. The van der Waals surface area contributed by atoms with Crippen molar-refractivity contribution in [3.8, 4) is 10.8 Å². The molecule has 78 valence electrons. The zero-order valence-corrected chi connectivity index (χ0v) is 9.67. The van der Waals surface area contributed by atoms with Crippen LogP contribution >= 0.6 is 15.9 Å². The van der Waals surface area contributed by atoms with Crippen LogP contribution in [0, 0.1) is 10.8 Å². The first-order chi connectivity index (χ1) is 7.17. The predicted molar refractivity (Wildman–Crippen MR) is 61.7 cm³/mol.